The molecule has 12 atom stereocenters. The molecule has 2 aromatic carbocycles. The molecule has 1 aliphatic heterocycles. The second kappa shape index (κ2) is 27.7. The third-order valence-corrected chi connectivity index (χ3v) is 18.7. The molecule has 13 nitrogen and oxygen atoms in total. The van der Waals surface area contributed by atoms with Crippen LogP contribution in [0.5, 0.6) is 5.75 Å². The Balaban J connectivity index is 1.24. The van der Waals surface area contributed by atoms with Gasteiger partial charge in [-0.2, -0.15) is 22.0 Å². The molecule has 19 heteroatoms. The molecule has 0 radical (unpaired) electrons. The molecule has 4 aliphatic rings. The Bertz CT molecular complexity index is 2600. The Morgan fingerprint density at radius 2 is 1.19 bits per heavy atom. The van der Waals surface area contributed by atoms with Crippen LogP contribution in [0.1, 0.15) is 207 Å². The van der Waals surface area contributed by atoms with E-state index in [1.807, 2.05) is 18.2 Å². The summed E-state index contributed by atoms with van der Waals surface area (Å²) in [6.45, 7) is 22.1. The first-order valence-electron chi connectivity index (χ1n) is 30.2. The highest BCUT2D eigenvalue weighted by atomic mass is 32.2. The SMILES string of the molecule is CC(C)(C)C(=O)OC[C@H]1O[C@@H](O[C@H]2CC[C@H]3[C@@H]4[C@H](CCCCCCCCCS(=O)CCCC(F)(F)C(F)(F)F)Cc5cc(OC(=O)c6ccccc6)ccc5[C@H]4CC[C@]23C)[C@H](OC(=O)C(C)(C)C)[C@@H](OC(=O)C(C)(C)C)[C@@H]1OC(=O)C(C)(C)C. The first kappa shape index (κ1) is 68.6. The highest BCUT2D eigenvalue weighted by Crippen LogP contribution is 2.64. The quantitative estimate of drug-likeness (QED) is 0.0339. The molecule has 0 bridgehead atoms. The van der Waals surface area contributed by atoms with Crippen molar-refractivity contribution in [2.45, 2.75) is 241 Å². The lowest BCUT2D eigenvalue weighted by Crippen LogP contribution is -2.65. The maximum atomic E-state index is 14.1. The Labute approximate surface area is 497 Å². The number of carbonyl (C=O) groups is 5. The topological polar surface area (TPSA) is 167 Å². The molecule has 84 heavy (non-hydrogen) atoms. The lowest BCUT2D eigenvalue weighted by atomic mass is 9.52. The molecule has 2 saturated carbocycles. The fourth-order valence-electron chi connectivity index (χ4n) is 12.2. The fourth-order valence-corrected chi connectivity index (χ4v) is 13.4. The lowest BCUT2D eigenvalue weighted by molar-refractivity contribution is -0.327. The van der Waals surface area contributed by atoms with Crippen molar-refractivity contribution >= 4 is 40.6 Å². The van der Waals surface area contributed by atoms with Crippen LogP contribution in [-0.4, -0.2) is 101 Å². The van der Waals surface area contributed by atoms with E-state index in [4.69, 9.17) is 33.2 Å². The zero-order valence-electron chi connectivity index (χ0n) is 51.7. The summed E-state index contributed by atoms with van der Waals surface area (Å²) < 4.78 is 122. The molecule has 0 N–H and O–H groups in total. The number of hydrogen-bond acceptors (Lipinski definition) is 13. The van der Waals surface area contributed by atoms with E-state index in [1.165, 1.54) is 5.56 Å². The van der Waals surface area contributed by atoms with E-state index < -0.39 is 136 Å². The second-order valence-corrected chi connectivity index (χ2v) is 30.0. The molecule has 1 unspecified atom stereocenters. The van der Waals surface area contributed by atoms with Crippen molar-refractivity contribution in [2.24, 2.45) is 44.8 Å². The van der Waals surface area contributed by atoms with Crippen LogP contribution in [0.2, 0.25) is 0 Å². The van der Waals surface area contributed by atoms with Crippen molar-refractivity contribution < 1.29 is 83.3 Å². The first-order chi connectivity index (χ1) is 38.9. The highest BCUT2D eigenvalue weighted by molar-refractivity contribution is 7.84. The van der Waals surface area contributed by atoms with Gasteiger partial charge in [0.05, 0.1) is 33.3 Å². The summed E-state index contributed by atoms with van der Waals surface area (Å²) in [5.41, 5.74) is -1.63. The number of unbranched alkanes of at least 4 members (excludes halogenated alkanes) is 6. The minimum Gasteiger partial charge on any atom is -0.462 e. The van der Waals surface area contributed by atoms with Gasteiger partial charge in [0.15, 0.2) is 24.6 Å². The van der Waals surface area contributed by atoms with E-state index in [0.717, 1.165) is 76.2 Å². The molecule has 2 aromatic rings. The number of halogens is 5. The summed E-state index contributed by atoms with van der Waals surface area (Å²) >= 11 is 0. The molecular weight excluding hydrogens is 1120 g/mol. The van der Waals surface area contributed by atoms with E-state index in [0.29, 0.717) is 24.2 Å². The van der Waals surface area contributed by atoms with Crippen LogP contribution >= 0.6 is 0 Å². The summed E-state index contributed by atoms with van der Waals surface area (Å²) in [6, 6.07) is 14.9. The summed E-state index contributed by atoms with van der Waals surface area (Å²) in [5.74, 6) is -6.34. The van der Waals surface area contributed by atoms with Crippen LogP contribution in [-0.2, 0) is 64.8 Å². The molecule has 0 amide bonds. The van der Waals surface area contributed by atoms with Gasteiger partial charge in [0.1, 0.15) is 18.5 Å². The monoisotopic (exact) mass is 1210 g/mol. The lowest BCUT2D eigenvalue weighted by Gasteiger charge is -2.54. The Kier molecular flexibility index (Phi) is 22.6. The normalized spacial score (nSPS) is 26.9. The van der Waals surface area contributed by atoms with Crippen LogP contribution in [0, 0.1) is 44.8 Å². The number of benzene rings is 2. The van der Waals surface area contributed by atoms with E-state index >= 15 is 0 Å². The standard InChI is InChI=1S/C65H93F5O13S/c1-59(2,3)55(72)77-39-47-50(81-56(73)60(4,5)6)51(82-57(74)61(7,8)9)52(83-58(75)62(10,11)12)54(79-47)80-48-31-30-46-49-41(27-20-17-15-14-16-18-23-35-84(76)36-24-33-64(66,67)65(68,69)70)37-42-38-43(78-53(71)40-25-21-19-22-26-40)28-29-44(42)45(49)32-34-63(46,48)13/h19,21-22,25-26,28-29,38,41,45-52,54H,14-18,20,23-24,27,30-37,39H2,1-13H3/t41-,45-,46+,47-,48+,49-,50-,51+,52-,54+,63+,84?/m1/s1. The van der Waals surface area contributed by atoms with Gasteiger partial charge in [0.2, 0.25) is 0 Å². The molecule has 0 spiro atoms. The maximum absolute atomic E-state index is 14.1. The average Bonchev–Trinajstić information content (AvgIpc) is 1.60. The van der Waals surface area contributed by atoms with Gasteiger partial charge in [-0.1, -0.05) is 69.7 Å². The molecule has 0 aromatic heterocycles. The number of esters is 5. The van der Waals surface area contributed by atoms with Crippen molar-refractivity contribution in [2.75, 3.05) is 18.1 Å². The van der Waals surface area contributed by atoms with Crippen LogP contribution < -0.4 is 4.74 Å². The molecule has 1 saturated heterocycles. The van der Waals surface area contributed by atoms with Gasteiger partial charge < -0.3 is 33.2 Å². The van der Waals surface area contributed by atoms with Crippen molar-refractivity contribution in [1.82, 2.24) is 0 Å². The number of ether oxygens (including phenoxy) is 7. The molecule has 3 aliphatic carbocycles. The minimum absolute atomic E-state index is 0.166. The van der Waals surface area contributed by atoms with Crippen LogP contribution in [0.25, 0.3) is 0 Å². The minimum atomic E-state index is -5.61. The van der Waals surface area contributed by atoms with Gasteiger partial charge in [-0.05, 0) is 199 Å². The number of alkyl halides is 5. The van der Waals surface area contributed by atoms with Gasteiger partial charge in [-0.25, -0.2) is 4.79 Å². The van der Waals surface area contributed by atoms with Crippen molar-refractivity contribution in [3.63, 3.8) is 0 Å². The summed E-state index contributed by atoms with van der Waals surface area (Å²) in [4.78, 5) is 68.7. The van der Waals surface area contributed by atoms with Gasteiger partial charge in [-0.3, -0.25) is 23.4 Å². The van der Waals surface area contributed by atoms with E-state index in [-0.39, 0.29) is 35.2 Å². The Hall–Kier alpha value is -4.49. The van der Waals surface area contributed by atoms with Crippen molar-refractivity contribution in [1.29, 1.82) is 0 Å². The number of fused-ring (bicyclic) bond motifs is 5. The molecule has 1 heterocycles. The van der Waals surface area contributed by atoms with E-state index in [1.54, 1.807) is 107 Å². The third kappa shape index (κ3) is 17.6. The predicted molar refractivity (Wildman–Crippen MR) is 308 cm³/mol. The zero-order chi connectivity index (χ0) is 62.4. The highest BCUT2D eigenvalue weighted by Gasteiger charge is 2.61. The predicted octanol–water partition coefficient (Wildman–Crippen LogP) is 14.4. The number of rotatable bonds is 23. The van der Waals surface area contributed by atoms with Gasteiger partial charge >= 0.3 is 41.9 Å². The first-order valence-corrected chi connectivity index (χ1v) is 31.7. The number of carbonyl (C=O) groups excluding carboxylic acids is 5. The van der Waals surface area contributed by atoms with Crippen LogP contribution in [0.3, 0.4) is 0 Å². The van der Waals surface area contributed by atoms with E-state index in [9.17, 15) is 50.1 Å². The Morgan fingerprint density at radius 1 is 0.643 bits per heavy atom. The second-order valence-electron chi connectivity index (χ2n) is 28.3. The Morgan fingerprint density at radius 3 is 1.77 bits per heavy atom. The zero-order valence-corrected chi connectivity index (χ0v) is 52.5. The average molecular weight is 1210 g/mol. The van der Waals surface area contributed by atoms with Crippen LogP contribution in [0.15, 0.2) is 48.5 Å². The van der Waals surface area contributed by atoms with Crippen LogP contribution in [0.4, 0.5) is 22.0 Å². The molecular formula is C65H93F5O13S. The molecule has 6 rings (SSSR count). The van der Waals surface area contributed by atoms with Gasteiger partial charge in [0.25, 0.3) is 0 Å². The van der Waals surface area contributed by atoms with Crippen molar-refractivity contribution in [3.05, 3.63) is 65.2 Å². The molecule has 472 valence electrons. The van der Waals surface area contributed by atoms with Gasteiger partial charge in [-0.15, -0.1) is 0 Å². The fraction of sp³-hybridized carbons (Fsp3) is 0.738. The summed E-state index contributed by atoms with van der Waals surface area (Å²) in [7, 11) is -1.47. The maximum Gasteiger partial charge on any atom is 0.453 e. The largest absolute Gasteiger partial charge is 0.462 e. The van der Waals surface area contributed by atoms with Crippen molar-refractivity contribution in [3.8, 4) is 5.75 Å². The van der Waals surface area contributed by atoms with E-state index in [2.05, 4.69) is 13.0 Å². The number of hydrogen-bond donors (Lipinski definition) is 0. The van der Waals surface area contributed by atoms with Gasteiger partial charge in [0, 0.05) is 28.7 Å². The summed E-state index contributed by atoms with van der Waals surface area (Å²) in [5, 5.41) is 0. The molecule has 3 fully saturated rings. The smallest absolute Gasteiger partial charge is 0.453 e. The third-order valence-electron chi connectivity index (χ3n) is 17.2. The summed E-state index contributed by atoms with van der Waals surface area (Å²) in [6.07, 6.45) is -3.99.